The zero-order valence-electron chi connectivity index (χ0n) is 17.2. The number of rotatable bonds is 4. The van der Waals surface area contributed by atoms with E-state index in [-0.39, 0.29) is 27.5 Å². The van der Waals surface area contributed by atoms with Gasteiger partial charge in [0.25, 0.3) is 10.1 Å². The van der Waals surface area contributed by atoms with Gasteiger partial charge in [-0.2, -0.15) is 8.42 Å². The van der Waals surface area contributed by atoms with Crippen LogP contribution in [0.5, 0.6) is 11.5 Å². The molecule has 0 heterocycles. The Kier molecular flexibility index (Phi) is 7.12. The number of benzene rings is 4. The number of aromatic hydroxyl groups is 2. The maximum atomic E-state index is 11.8. The minimum atomic E-state index is -4.44. The van der Waals surface area contributed by atoms with Crippen LogP contribution in [-0.2, 0) is 10.1 Å². The Morgan fingerprint density at radius 1 is 0.606 bits per heavy atom. The number of carboxylic acids is 1. The molecule has 0 aromatic heterocycles. The zero-order chi connectivity index (χ0) is 24.0. The lowest BCUT2D eigenvalue weighted by Crippen LogP contribution is -2.02. The predicted octanol–water partition coefficient (Wildman–Crippen LogP) is 5.06. The van der Waals surface area contributed by atoms with Crippen LogP contribution < -0.4 is 0 Å². The number of aromatic carboxylic acids is 1. The van der Waals surface area contributed by atoms with E-state index in [1.54, 1.807) is 60.7 Å². The number of hydrogen-bond donors (Lipinski definition) is 4. The van der Waals surface area contributed by atoms with Crippen molar-refractivity contribution in [2.45, 2.75) is 4.90 Å². The molecule has 0 aliphatic carbocycles. The molecule has 168 valence electrons. The summed E-state index contributed by atoms with van der Waals surface area (Å²) in [5.74, 6) is -1.37. The Labute approximate surface area is 190 Å². The number of phenolic OH excluding ortho intramolecular Hbond substituents is 1. The van der Waals surface area contributed by atoms with Crippen LogP contribution in [0.1, 0.15) is 10.4 Å². The summed E-state index contributed by atoms with van der Waals surface area (Å²) >= 11 is 0. The SMILES string of the molecule is O=C(O)c1ccccc1O.O=S(=O)(O)c1ccc(O)c(-c2ccccc2)c1-c1ccccc1. The minimum absolute atomic E-state index is 0.0533. The first-order chi connectivity index (χ1) is 15.7. The van der Waals surface area contributed by atoms with Crippen LogP contribution in [0.3, 0.4) is 0 Å². The van der Waals surface area contributed by atoms with E-state index in [0.717, 1.165) is 0 Å². The maximum Gasteiger partial charge on any atom is 0.339 e. The third kappa shape index (κ3) is 5.57. The summed E-state index contributed by atoms with van der Waals surface area (Å²) in [6, 6.07) is 26.1. The van der Waals surface area contributed by atoms with Crippen LogP contribution in [0.15, 0.2) is 102 Å². The van der Waals surface area contributed by atoms with E-state index in [2.05, 4.69) is 0 Å². The highest BCUT2D eigenvalue weighted by Gasteiger charge is 2.23. The number of phenols is 2. The van der Waals surface area contributed by atoms with Crippen LogP contribution in [0.4, 0.5) is 0 Å². The van der Waals surface area contributed by atoms with Gasteiger partial charge in [-0.1, -0.05) is 72.8 Å². The number of carbonyl (C=O) groups is 1. The molecule has 0 spiro atoms. The van der Waals surface area contributed by atoms with Gasteiger partial charge in [0.05, 0.1) is 0 Å². The van der Waals surface area contributed by atoms with Gasteiger partial charge in [0.2, 0.25) is 0 Å². The lowest BCUT2D eigenvalue weighted by molar-refractivity contribution is 0.0693. The molecule has 4 aromatic carbocycles. The van der Waals surface area contributed by atoms with Gasteiger partial charge >= 0.3 is 5.97 Å². The van der Waals surface area contributed by atoms with Crippen molar-refractivity contribution in [2.24, 2.45) is 0 Å². The van der Waals surface area contributed by atoms with Crippen molar-refractivity contribution in [2.75, 3.05) is 0 Å². The summed E-state index contributed by atoms with van der Waals surface area (Å²) in [6.45, 7) is 0. The van der Waals surface area contributed by atoms with E-state index in [1.807, 2.05) is 12.1 Å². The zero-order valence-corrected chi connectivity index (χ0v) is 18.0. The summed E-state index contributed by atoms with van der Waals surface area (Å²) in [6.07, 6.45) is 0. The Balaban J connectivity index is 0.000000257. The molecule has 0 saturated carbocycles. The monoisotopic (exact) mass is 464 g/mol. The van der Waals surface area contributed by atoms with Crippen molar-refractivity contribution in [1.29, 1.82) is 0 Å². The van der Waals surface area contributed by atoms with Gasteiger partial charge < -0.3 is 15.3 Å². The van der Waals surface area contributed by atoms with Gasteiger partial charge in [-0.25, -0.2) is 4.79 Å². The number of carboxylic acid groups (broad SMARTS) is 1. The van der Waals surface area contributed by atoms with Gasteiger partial charge in [0.15, 0.2) is 0 Å². The van der Waals surface area contributed by atoms with E-state index < -0.39 is 16.1 Å². The van der Waals surface area contributed by atoms with Gasteiger partial charge in [0, 0.05) is 11.1 Å². The highest BCUT2D eigenvalue weighted by atomic mass is 32.2. The van der Waals surface area contributed by atoms with Crippen molar-refractivity contribution >= 4 is 16.1 Å². The first kappa shape index (κ1) is 23.5. The molecule has 0 fully saturated rings. The largest absolute Gasteiger partial charge is 0.507 e. The van der Waals surface area contributed by atoms with Gasteiger partial charge in [-0.05, 0) is 35.4 Å². The Bertz CT molecular complexity index is 1370. The Morgan fingerprint density at radius 3 is 1.55 bits per heavy atom. The fourth-order valence-corrected chi connectivity index (χ4v) is 3.95. The summed E-state index contributed by atoms with van der Waals surface area (Å²) in [4.78, 5) is 10.0. The molecule has 4 N–H and O–H groups in total. The fraction of sp³-hybridized carbons (Fsp3) is 0. The van der Waals surface area contributed by atoms with Crippen molar-refractivity contribution in [3.63, 3.8) is 0 Å². The summed E-state index contributed by atoms with van der Waals surface area (Å²) in [5.41, 5.74) is 1.83. The average molecular weight is 464 g/mol. The van der Waals surface area contributed by atoms with Crippen LogP contribution in [0.25, 0.3) is 22.3 Å². The quantitative estimate of drug-likeness (QED) is 0.310. The molecular weight excluding hydrogens is 444 g/mol. The standard InChI is InChI=1S/C18H14O4S.C7H6O3/c19-15-11-12-16(23(20,21)22)18(14-9-5-2-6-10-14)17(15)13-7-3-1-4-8-13;8-6-4-2-1-3-5(6)7(9)10/h1-12,19H,(H,20,21,22);1-4,8H,(H,9,10). The summed E-state index contributed by atoms with van der Waals surface area (Å²) in [5, 5.41) is 27.6. The second kappa shape index (κ2) is 9.99. The van der Waals surface area contributed by atoms with Gasteiger partial charge in [-0.3, -0.25) is 4.55 Å². The molecule has 4 rings (SSSR count). The smallest absolute Gasteiger partial charge is 0.339 e. The lowest BCUT2D eigenvalue weighted by atomic mass is 9.93. The molecule has 33 heavy (non-hydrogen) atoms. The minimum Gasteiger partial charge on any atom is -0.507 e. The van der Waals surface area contributed by atoms with Crippen molar-refractivity contribution in [3.05, 3.63) is 103 Å². The van der Waals surface area contributed by atoms with E-state index in [0.29, 0.717) is 16.7 Å². The maximum absolute atomic E-state index is 11.8. The summed E-state index contributed by atoms with van der Waals surface area (Å²) in [7, 11) is -4.44. The molecular formula is C25H20O7S. The molecule has 0 atom stereocenters. The summed E-state index contributed by atoms with van der Waals surface area (Å²) < 4.78 is 33.2. The van der Waals surface area contributed by atoms with Gasteiger partial charge in [0.1, 0.15) is 22.0 Å². The highest BCUT2D eigenvalue weighted by Crippen LogP contribution is 2.42. The van der Waals surface area contributed by atoms with Crippen molar-refractivity contribution in [3.8, 4) is 33.8 Å². The molecule has 0 bridgehead atoms. The molecule has 0 radical (unpaired) electrons. The van der Waals surface area contributed by atoms with Crippen LogP contribution in [0.2, 0.25) is 0 Å². The van der Waals surface area contributed by atoms with E-state index in [1.165, 1.54) is 24.3 Å². The highest BCUT2D eigenvalue weighted by molar-refractivity contribution is 7.86. The van der Waals surface area contributed by atoms with E-state index in [9.17, 15) is 22.9 Å². The normalized spacial score (nSPS) is 10.7. The molecule has 0 saturated heterocycles. The number of para-hydroxylation sites is 1. The first-order valence-electron chi connectivity index (χ1n) is 9.65. The molecule has 7 nitrogen and oxygen atoms in total. The second-order valence-electron chi connectivity index (χ2n) is 6.86. The second-order valence-corrected chi connectivity index (χ2v) is 8.25. The van der Waals surface area contributed by atoms with Crippen LogP contribution >= 0.6 is 0 Å². The predicted molar refractivity (Wildman–Crippen MR) is 124 cm³/mol. The molecule has 0 unspecified atom stereocenters. The van der Waals surface area contributed by atoms with Crippen molar-refractivity contribution in [1.82, 2.24) is 0 Å². The van der Waals surface area contributed by atoms with E-state index in [4.69, 9.17) is 10.2 Å². The molecule has 8 heteroatoms. The Morgan fingerprint density at radius 2 is 1.09 bits per heavy atom. The third-order valence-electron chi connectivity index (χ3n) is 4.68. The molecule has 0 aliphatic heterocycles. The molecule has 0 aliphatic rings. The molecule has 0 amide bonds. The lowest BCUT2D eigenvalue weighted by Gasteiger charge is -2.15. The first-order valence-corrected chi connectivity index (χ1v) is 11.1. The van der Waals surface area contributed by atoms with Gasteiger partial charge in [-0.15, -0.1) is 0 Å². The molecule has 4 aromatic rings. The fourth-order valence-electron chi connectivity index (χ4n) is 3.23. The topological polar surface area (TPSA) is 132 Å². The van der Waals surface area contributed by atoms with Crippen LogP contribution in [0, 0.1) is 0 Å². The third-order valence-corrected chi connectivity index (χ3v) is 5.58. The Hall–Kier alpha value is -4.14. The van der Waals surface area contributed by atoms with Crippen LogP contribution in [-0.4, -0.2) is 34.3 Å². The van der Waals surface area contributed by atoms with E-state index >= 15 is 0 Å². The average Bonchev–Trinajstić information content (AvgIpc) is 2.80. The van der Waals surface area contributed by atoms with Crippen molar-refractivity contribution < 1.29 is 33.1 Å². The number of hydrogen-bond acceptors (Lipinski definition) is 5.